The third kappa shape index (κ3) is 3.86. The molecule has 0 N–H and O–H groups in total. The number of anilines is 1. The Labute approximate surface area is 221 Å². The summed E-state index contributed by atoms with van der Waals surface area (Å²) in [4.78, 5) is 33.6. The Morgan fingerprint density at radius 2 is 1.84 bits per heavy atom. The summed E-state index contributed by atoms with van der Waals surface area (Å²) in [6, 6.07) is 23.8. The minimum absolute atomic E-state index is 0.106. The summed E-state index contributed by atoms with van der Waals surface area (Å²) >= 11 is 6.11. The highest BCUT2D eigenvalue weighted by molar-refractivity contribution is 6.30. The van der Waals surface area contributed by atoms with Crippen molar-refractivity contribution in [2.45, 2.75) is 43.6 Å². The van der Waals surface area contributed by atoms with Gasteiger partial charge in [0.05, 0.1) is 18.5 Å². The fourth-order valence-corrected chi connectivity index (χ4v) is 6.29. The molecule has 0 saturated heterocycles. The number of fused-ring (bicyclic) bond motifs is 2. The molecule has 1 spiro atoms. The number of carbonyl (C=O) groups excluding carboxylic acids is 2. The van der Waals surface area contributed by atoms with Gasteiger partial charge in [-0.1, -0.05) is 60.1 Å². The smallest absolute Gasteiger partial charge is 0.238 e. The van der Waals surface area contributed by atoms with Crippen LogP contribution in [0.1, 0.15) is 58.6 Å². The summed E-state index contributed by atoms with van der Waals surface area (Å²) < 4.78 is 0. The lowest BCUT2D eigenvalue weighted by Gasteiger charge is -2.19. The number of para-hydroxylation sites is 1. The van der Waals surface area contributed by atoms with Gasteiger partial charge in [0.1, 0.15) is 0 Å². The van der Waals surface area contributed by atoms with E-state index in [-0.39, 0.29) is 17.6 Å². The van der Waals surface area contributed by atoms with Crippen LogP contribution in [0.3, 0.4) is 0 Å². The van der Waals surface area contributed by atoms with Gasteiger partial charge in [0.2, 0.25) is 5.91 Å². The quantitative estimate of drug-likeness (QED) is 0.336. The van der Waals surface area contributed by atoms with Crippen molar-refractivity contribution in [1.29, 1.82) is 0 Å². The van der Waals surface area contributed by atoms with Crippen molar-refractivity contribution >= 4 is 34.7 Å². The van der Waals surface area contributed by atoms with Crippen molar-refractivity contribution in [1.82, 2.24) is 0 Å². The van der Waals surface area contributed by atoms with Crippen LogP contribution in [-0.4, -0.2) is 23.9 Å². The van der Waals surface area contributed by atoms with Crippen molar-refractivity contribution in [3.8, 4) is 0 Å². The molecule has 4 nitrogen and oxygen atoms in total. The highest BCUT2D eigenvalue weighted by Gasteiger charge is 2.67. The molecule has 4 aliphatic rings. The van der Waals surface area contributed by atoms with E-state index in [0.29, 0.717) is 36.0 Å². The van der Waals surface area contributed by atoms with E-state index in [1.54, 1.807) is 0 Å². The molecule has 2 aliphatic carbocycles. The number of allylic oxidation sites excluding steroid dienone is 1. The maximum absolute atomic E-state index is 14.0. The minimum Gasteiger partial charge on any atom is -0.307 e. The zero-order valence-corrected chi connectivity index (χ0v) is 21.2. The van der Waals surface area contributed by atoms with Crippen LogP contribution in [0.5, 0.6) is 0 Å². The number of benzene rings is 3. The topological polar surface area (TPSA) is 49.7 Å². The first-order chi connectivity index (χ1) is 18.0. The molecule has 37 heavy (non-hydrogen) atoms. The lowest BCUT2D eigenvalue weighted by atomic mass is 9.92. The first-order valence-corrected chi connectivity index (χ1v) is 13.4. The fraction of sp³-hybridized carbons (Fsp3) is 0.281. The molecule has 0 radical (unpaired) electrons. The largest absolute Gasteiger partial charge is 0.307 e. The standard InChI is InChI=1S/C32H27ClN2O2/c33-25-12-10-22(11-13-25)27-17-32(27)26-6-1-2-7-29(26)35(31(32)37)19-20-4-3-5-24(14-20)30(36)16-21-15-28(34-18-21)23-8-9-23/h1-7,10-15,23,27H,8-9,16-19H2/t27-,32-/m0/s1. The van der Waals surface area contributed by atoms with E-state index < -0.39 is 5.41 Å². The highest BCUT2D eigenvalue weighted by Crippen LogP contribution is 2.66. The summed E-state index contributed by atoms with van der Waals surface area (Å²) in [6.07, 6.45) is 5.78. The number of rotatable bonds is 7. The second-order valence-electron chi connectivity index (χ2n) is 10.8. The molecule has 2 fully saturated rings. The van der Waals surface area contributed by atoms with Gasteiger partial charge in [0.25, 0.3) is 0 Å². The van der Waals surface area contributed by atoms with Crippen molar-refractivity contribution < 1.29 is 9.59 Å². The van der Waals surface area contributed by atoms with Gasteiger partial charge < -0.3 is 4.90 Å². The van der Waals surface area contributed by atoms with Crippen LogP contribution in [0.15, 0.2) is 89.4 Å². The summed E-state index contributed by atoms with van der Waals surface area (Å²) in [6.45, 7) is 1.09. The number of aliphatic imine (C=N–C) groups is 1. The highest BCUT2D eigenvalue weighted by atomic mass is 35.5. The van der Waals surface area contributed by atoms with E-state index >= 15 is 0 Å². The Balaban J connectivity index is 1.12. The normalized spacial score (nSPS) is 23.8. The molecule has 0 aromatic heterocycles. The second-order valence-corrected chi connectivity index (χ2v) is 11.2. The molecule has 2 aliphatic heterocycles. The van der Waals surface area contributed by atoms with Crippen LogP contribution < -0.4 is 4.90 Å². The second kappa shape index (κ2) is 8.53. The SMILES string of the molecule is O=C(CC1=CC(C2CC2)=NC1)c1cccc(CN2C(=O)[C@@]3(C[C@H]3c3ccc(Cl)cc3)c3ccccc32)c1. The van der Waals surface area contributed by atoms with Crippen molar-refractivity contribution in [3.63, 3.8) is 0 Å². The minimum atomic E-state index is -0.508. The van der Waals surface area contributed by atoms with Crippen LogP contribution in [-0.2, 0) is 16.8 Å². The summed E-state index contributed by atoms with van der Waals surface area (Å²) in [5, 5.41) is 0.702. The van der Waals surface area contributed by atoms with E-state index in [4.69, 9.17) is 11.6 Å². The third-order valence-electron chi connectivity index (χ3n) is 8.33. The zero-order chi connectivity index (χ0) is 25.1. The first kappa shape index (κ1) is 22.7. The zero-order valence-electron chi connectivity index (χ0n) is 20.5. The molecule has 1 amide bonds. The number of amides is 1. The number of hydrogen-bond acceptors (Lipinski definition) is 3. The number of hydrogen-bond donors (Lipinski definition) is 0. The lowest BCUT2D eigenvalue weighted by molar-refractivity contribution is -0.120. The maximum Gasteiger partial charge on any atom is 0.238 e. The predicted molar refractivity (Wildman–Crippen MR) is 147 cm³/mol. The molecule has 2 saturated carbocycles. The van der Waals surface area contributed by atoms with Crippen LogP contribution in [0.4, 0.5) is 5.69 Å². The molecule has 3 aromatic rings. The fourth-order valence-electron chi connectivity index (χ4n) is 6.16. The Hall–Kier alpha value is -3.50. The maximum atomic E-state index is 14.0. The molecule has 2 heterocycles. The van der Waals surface area contributed by atoms with Gasteiger partial charge in [-0.05, 0) is 71.9 Å². The Bertz CT molecular complexity index is 1500. The summed E-state index contributed by atoms with van der Waals surface area (Å²) in [7, 11) is 0. The molecule has 2 atom stereocenters. The van der Waals surface area contributed by atoms with Crippen molar-refractivity contribution in [3.05, 3.63) is 112 Å². The number of ketones is 1. The predicted octanol–water partition coefficient (Wildman–Crippen LogP) is 6.68. The van der Waals surface area contributed by atoms with E-state index in [9.17, 15) is 9.59 Å². The van der Waals surface area contributed by atoms with Gasteiger partial charge in [-0.15, -0.1) is 0 Å². The molecule has 7 rings (SSSR count). The van der Waals surface area contributed by atoms with Gasteiger partial charge >= 0.3 is 0 Å². The molecule has 3 aromatic carbocycles. The van der Waals surface area contributed by atoms with E-state index in [1.807, 2.05) is 71.6 Å². The Kier molecular flexibility index (Phi) is 5.23. The van der Waals surface area contributed by atoms with Gasteiger partial charge in [-0.25, -0.2) is 0 Å². The first-order valence-electron chi connectivity index (χ1n) is 13.1. The van der Waals surface area contributed by atoms with Gasteiger partial charge in [-0.3, -0.25) is 14.6 Å². The van der Waals surface area contributed by atoms with E-state index in [1.165, 1.54) is 18.6 Å². The molecule has 5 heteroatoms. The summed E-state index contributed by atoms with van der Waals surface area (Å²) in [5.74, 6) is 1.02. The molecular formula is C32H27ClN2O2. The van der Waals surface area contributed by atoms with Crippen molar-refractivity contribution in [2.75, 3.05) is 11.4 Å². The lowest BCUT2D eigenvalue weighted by Crippen LogP contribution is -2.32. The number of Topliss-reactive ketones (excluding diaryl/α,β-unsaturated/α-hetero) is 1. The number of halogens is 1. The van der Waals surface area contributed by atoms with Gasteiger partial charge in [0.15, 0.2) is 5.78 Å². The van der Waals surface area contributed by atoms with Gasteiger partial charge in [-0.2, -0.15) is 0 Å². The molecule has 184 valence electrons. The molecular weight excluding hydrogens is 480 g/mol. The van der Waals surface area contributed by atoms with Gasteiger partial charge in [0, 0.05) is 40.2 Å². The average Bonchev–Trinajstić information content (AvgIpc) is 3.83. The van der Waals surface area contributed by atoms with Crippen LogP contribution in [0.2, 0.25) is 5.02 Å². The Morgan fingerprint density at radius 3 is 2.65 bits per heavy atom. The Morgan fingerprint density at radius 1 is 1.03 bits per heavy atom. The van der Waals surface area contributed by atoms with Crippen molar-refractivity contribution in [2.24, 2.45) is 10.9 Å². The third-order valence-corrected chi connectivity index (χ3v) is 8.58. The van der Waals surface area contributed by atoms with Crippen LogP contribution >= 0.6 is 11.6 Å². The molecule has 0 bridgehead atoms. The average molecular weight is 507 g/mol. The monoisotopic (exact) mass is 506 g/mol. The van der Waals surface area contributed by atoms with Crippen LogP contribution in [0.25, 0.3) is 0 Å². The van der Waals surface area contributed by atoms with E-state index in [2.05, 4.69) is 17.1 Å². The number of nitrogens with zero attached hydrogens (tertiary/aromatic N) is 2. The number of carbonyl (C=O) groups is 2. The molecule has 0 unspecified atom stereocenters. The summed E-state index contributed by atoms with van der Waals surface area (Å²) in [5.41, 5.74) is 6.65. The van der Waals surface area contributed by atoms with E-state index in [0.717, 1.165) is 34.4 Å². The van der Waals surface area contributed by atoms with Crippen LogP contribution in [0, 0.1) is 5.92 Å².